The number of aliphatic hydroxyl groups excluding tert-OH is 1. The standard InChI is InChI=1S/C42H48ClF3N6O7/c1-23(53)19-47-20-25-18-31(42(44,45)46)39(51-38(25)57-6)58-33-14-12-27-28(33)8-7-9-29(27)36-35(43)30(16-17-48-36)32-13-10-24(37(50-32)56-5)21-52(40(55)59-41(2,3)4)22-26-11-15-34(54)49-26/h7-10,13,16-18,23,26,33,47,53H,11-12,14-15,19-22H2,1-6H3,(H,49,54)/t23-,26-,33-/m0/s1. The molecule has 1 aromatic carbocycles. The van der Waals surface area contributed by atoms with Crippen molar-refractivity contribution in [1.82, 2.24) is 30.5 Å². The van der Waals surface area contributed by atoms with E-state index < -0.39 is 41.5 Å². The molecule has 1 fully saturated rings. The third-order valence-electron chi connectivity index (χ3n) is 9.84. The molecule has 0 radical (unpaired) electrons. The van der Waals surface area contributed by atoms with Crippen LogP contribution in [0, 0.1) is 0 Å². The van der Waals surface area contributed by atoms with Crippen molar-refractivity contribution in [2.24, 2.45) is 0 Å². The first-order valence-electron chi connectivity index (χ1n) is 19.2. The molecule has 3 N–H and O–H groups in total. The van der Waals surface area contributed by atoms with Crippen molar-refractivity contribution in [3.05, 3.63) is 81.5 Å². The lowest BCUT2D eigenvalue weighted by atomic mass is 9.98. The summed E-state index contributed by atoms with van der Waals surface area (Å²) in [5.74, 6) is -0.431. The van der Waals surface area contributed by atoms with Gasteiger partial charge in [0.2, 0.25) is 23.5 Å². The van der Waals surface area contributed by atoms with Crippen molar-refractivity contribution in [3.63, 3.8) is 0 Å². The second kappa shape index (κ2) is 18.0. The smallest absolute Gasteiger partial charge is 0.421 e. The van der Waals surface area contributed by atoms with E-state index in [4.69, 9.17) is 35.5 Å². The number of pyridine rings is 3. The summed E-state index contributed by atoms with van der Waals surface area (Å²) in [6, 6.07) is 11.5. The number of amides is 2. The summed E-state index contributed by atoms with van der Waals surface area (Å²) in [4.78, 5) is 40.3. The Morgan fingerprint density at radius 3 is 2.42 bits per heavy atom. The minimum absolute atomic E-state index is 0.00557. The van der Waals surface area contributed by atoms with Crippen LogP contribution in [0.25, 0.3) is 22.5 Å². The average molecular weight is 841 g/mol. The Kier molecular flexibility index (Phi) is 13.2. The number of fused-ring (bicyclic) bond motifs is 1. The van der Waals surface area contributed by atoms with Gasteiger partial charge in [-0.2, -0.15) is 18.2 Å². The molecule has 1 aliphatic carbocycles. The Labute approximate surface area is 345 Å². The Balaban J connectivity index is 1.27. The summed E-state index contributed by atoms with van der Waals surface area (Å²) in [5, 5.41) is 15.7. The van der Waals surface area contributed by atoms with Crippen LogP contribution in [-0.2, 0) is 35.2 Å². The maximum absolute atomic E-state index is 14.4. The zero-order chi connectivity index (χ0) is 42.6. The maximum Gasteiger partial charge on any atom is 0.421 e. The highest BCUT2D eigenvalue weighted by molar-refractivity contribution is 6.35. The Bertz CT molecular complexity index is 2180. The highest BCUT2D eigenvalue weighted by atomic mass is 35.5. The number of benzene rings is 1. The van der Waals surface area contributed by atoms with Crippen LogP contribution in [0.4, 0.5) is 18.0 Å². The predicted molar refractivity (Wildman–Crippen MR) is 213 cm³/mol. The zero-order valence-electron chi connectivity index (χ0n) is 33.7. The summed E-state index contributed by atoms with van der Waals surface area (Å²) < 4.78 is 66.0. The Morgan fingerprint density at radius 2 is 1.76 bits per heavy atom. The van der Waals surface area contributed by atoms with Crippen molar-refractivity contribution in [3.8, 4) is 40.2 Å². The number of nitrogens with one attached hydrogen (secondary N) is 2. The normalized spacial score (nSPS) is 17.0. The molecule has 2 aliphatic rings. The minimum Gasteiger partial charge on any atom is -0.481 e. The van der Waals surface area contributed by atoms with Gasteiger partial charge in [-0.15, -0.1) is 0 Å². The number of carbonyl (C=O) groups excluding carboxylic acids is 2. The summed E-state index contributed by atoms with van der Waals surface area (Å²) in [6.45, 7) is 7.41. The molecule has 0 bridgehead atoms. The maximum atomic E-state index is 14.4. The van der Waals surface area contributed by atoms with Gasteiger partial charge in [0, 0.05) is 60.5 Å². The van der Waals surface area contributed by atoms with Crippen molar-refractivity contribution in [1.29, 1.82) is 0 Å². The monoisotopic (exact) mass is 840 g/mol. The zero-order valence-corrected chi connectivity index (χ0v) is 34.5. The van der Waals surface area contributed by atoms with E-state index in [-0.39, 0.29) is 55.5 Å². The number of ether oxygens (including phenoxy) is 4. The third-order valence-corrected chi connectivity index (χ3v) is 10.2. The topological polar surface area (TPSA) is 157 Å². The number of carbonyl (C=O) groups is 2. The molecular formula is C42H48ClF3N6O7. The first kappa shape index (κ1) is 43.4. The van der Waals surface area contributed by atoms with Gasteiger partial charge in [0.25, 0.3) is 0 Å². The van der Waals surface area contributed by atoms with Gasteiger partial charge in [0.05, 0.1) is 43.3 Å². The van der Waals surface area contributed by atoms with Crippen molar-refractivity contribution < 1.29 is 46.8 Å². The Hall–Kier alpha value is -5.19. The largest absolute Gasteiger partial charge is 0.481 e. The molecule has 316 valence electrons. The quantitative estimate of drug-likeness (QED) is 0.116. The molecule has 3 atom stereocenters. The number of aliphatic hydroxyl groups is 1. The second-order valence-electron chi connectivity index (χ2n) is 15.6. The van der Waals surface area contributed by atoms with Crippen LogP contribution in [0.5, 0.6) is 17.6 Å². The summed E-state index contributed by atoms with van der Waals surface area (Å²) in [7, 11) is 2.80. The van der Waals surface area contributed by atoms with E-state index in [2.05, 4.69) is 20.6 Å². The van der Waals surface area contributed by atoms with E-state index in [0.717, 1.165) is 11.6 Å². The minimum atomic E-state index is -4.77. The number of rotatable bonds is 14. The third kappa shape index (κ3) is 10.3. The van der Waals surface area contributed by atoms with Crippen LogP contribution in [-0.4, -0.2) is 82.0 Å². The van der Waals surface area contributed by atoms with Gasteiger partial charge in [-0.1, -0.05) is 29.8 Å². The van der Waals surface area contributed by atoms with Crippen LogP contribution in [0.15, 0.2) is 48.7 Å². The van der Waals surface area contributed by atoms with Gasteiger partial charge >= 0.3 is 12.3 Å². The molecule has 0 saturated carbocycles. The van der Waals surface area contributed by atoms with Crippen LogP contribution in [0.2, 0.25) is 5.02 Å². The number of alkyl halides is 3. The lowest BCUT2D eigenvalue weighted by molar-refractivity contribution is -0.139. The van der Waals surface area contributed by atoms with Gasteiger partial charge in [-0.05, 0) is 82.3 Å². The summed E-state index contributed by atoms with van der Waals surface area (Å²) in [6.07, 6.45) is -3.33. The Morgan fingerprint density at radius 1 is 1.02 bits per heavy atom. The molecule has 1 saturated heterocycles. The molecule has 17 heteroatoms. The van der Waals surface area contributed by atoms with E-state index >= 15 is 0 Å². The molecule has 4 heterocycles. The fourth-order valence-electron chi connectivity index (χ4n) is 7.19. The molecule has 1 aliphatic heterocycles. The van der Waals surface area contributed by atoms with Crippen molar-refractivity contribution in [2.45, 2.75) is 96.5 Å². The van der Waals surface area contributed by atoms with E-state index in [1.807, 2.05) is 6.07 Å². The van der Waals surface area contributed by atoms with Gasteiger partial charge in [0.15, 0.2) is 0 Å². The number of halogens is 4. The predicted octanol–water partition coefficient (Wildman–Crippen LogP) is 7.45. The summed E-state index contributed by atoms with van der Waals surface area (Å²) >= 11 is 7.10. The molecule has 6 rings (SSSR count). The molecule has 0 unspecified atom stereocenters. The number of aromatic nitrogens is 3. The van der Waals surface area contributed by atoms with Crippen molar-refractivity contribution in [2.75, 3.05) is 27.3 Å². The number of hydrogen-bond donors (Lipinski definition) is 3. The van der Waals surface area contributed by atoms with Gasteiger partial charge in [-0.25, -0.2) is 9.78 Å². The fourth-order valence-corrected chi connectivity index (χ4v) is 7.50. The lowest BCUT2D eigenvalue weighted by Gasteiger charge is -2.29. The van der Waals surface area contributed by atoms with E-state index in [1.165, 1.54) is 19.1 Å². The molecular weight excluding hydrogens is 793 g/mol. The van der Waals surface area contributed by atoms with Crippen LogP contribution >= 0.6 is 11.6 Å². The molecule has 3 aromatic heterocycles. The van der Waals surface area contributed by atoms with Gasteiger partial charge in [0.1, 0.15) is 17.3 Å². The first-order chi connectivity index (χ1) is 27.9. The molecule has 59 heavy (non-hydrogen) atoms. The molecule has 4 aromatic rings. The van der Waals surface area contributed by atoms with E-state index in [9.17, 15) is 27.9 Å². The number of nitrogens with zero attached hydrogens (tertiary/aromatic N) is 4. The van der Waals surface area contributed by atoms with Gasteiger partial charge in [-0.3, -0.25) is 9.78 Å². The highest BCUT2D eigenvalue weighted by Gasteiger charge is 2.39. The molecule has 13 nitrogen and oxygen atoms in total. The van der Waals surface area contributed by atoms with Crippen LogP contribution in [0.3, 0.4) is 0 Å². The second-order valence-corrected chi connectivity index (χ2v) is 15.9. The molecule has 0 spiro atoms. The SMILES string of the molecule is COc1nc(-c2ccnc(-c3cccc4c3CC[C@@H]4Oc3nc(OC)c(CNC[C@H](C)O)cc3C(F)(F)F)c2Cl)ccc1CN(C[C@@H]1CCC(=O)N1)C(=O)OC(C)(C)C. The highest BCUT2D eigenvalue weighted by Crippen LogP contribution is 2.45. The lowest BCUT2D eigenvalue weighted by Crippen LogP contribution is -2.43. The van der Waals surface area contributed by atoms with E-state index in [0.29, 0.717) is 64.3 Å². The average Bonchev–Trinajstić information content (AvgIpc) is 3.79. The van der Waals surface area contributed by atoms with Gasteiger partial charge < -0.3 is 39.6 Å². The number of methoxy groups -OCH3 is 2. The summed E-state index contributed by atoms with van der Waals surface area (Å²) in [5.41, 5.74) is 2.67. The van der Waals surface area contributed by atoms with Crippen molar-refractivity contribution >= 4 is 23.6 Å². The fraction of sp³-hybridized carbons (Fsp3) is 0.452. The van der Waals surface area contributed by atoms with Crippen LogP contribution in [0.1, 0.15) is 80.9 Å². The first-order valence-corrected chi connectivity index (χ1v) is 19.6. The molecule has 2 amide bonds. The van der Waals surface area contributed by atoms with E-state index in [1.54, 1.807) is 64.2 Å². The van der Waals surface area contributed by atoms with Crippen LogP contribution < -0.4 is 24.8 Å². The number of hydrogen-bond acceptors (Lipinski definition) is 11.